The predicted octanol–water partition coefficient (Wildman–Crippen LogP) is 2.06. The zero-order valence-electron chi connectivity index (χ0n) is 12.1. The van der Waals surface area contributed by atoms with Crippen molar-refractivity contribution in [2.24, 2.45) is 5.92 Å². The molecule has 110 valence electrons. The molecule has 0 spiro atoms. The Hall–Kier alpha value is -1.42. The Kier molecular flexibility index (Phi) is 6.14. The van der Waals surface area contributed by atoms with E-state index in [9.17, 15) is 8.42 Å². The summed E-state index contributed by atoms with van der Waals surface area (Å²) in [7, 11) is -2.12. The van der Waals surface area contributed by atoms with E-state index in [2.05, 4.69) is 4.72 Å². The number of hydrogen-bond acceptors (Lipinski definition) is 3. The van der Waals surface area contributed by atoms with Crippen LogP contribution in [0.15, 0.2) is 30.3 Å². The fraction of sp³-hybridized carbons (Fsp3) is 0.500. The van der Waals surface area contributed by atoms with Gasteiger partial charge in [0.05, 0.1) is 12.1 Å². The molecular weight excluding hydrogens is 274 g/mol. The number of nitrogens with zero attached hydrogens (tertiary/aromatic N) is 2. The molecule has 0 radical (unpaired) electrons. The molecule has 1 atom stereocenters. The second kappa shape index (κ2) is 7.39. The van der Waals surface area contributed by atoms with Crippen LogP contribution in [0.1, 0.15) is 31.9 Å². The quantitative estimate of drug-likeness (QED) is 0.837. The van der Waals surface area contributed by atoms with Crippen LogP contribution in [-0.4, -0.2) is 26.3 Å². The lowest BCUT2D eigenvalue weighted by Crippen LogP contribution is -2.42. The van der Waals surface area contributed by atoms with Crippen molar-refractivity contribution in [2.45, 2.75) is 26.3 Å². The lowest BCUT2D eigenvalue weighted by atomic mass is 9.97. The summed E-state index contributed by atoms with van der Waals surface area (Å²) in [6.45, 7) is 4.12. The molecule has 0 saturated heterocycles. The molecule has 1 unspecified atom stereocenters. The predicted molar refractivity (Wildman–Crippen MR) is 78.9 cm³/mol. The standard InChI is InChI=1S/C14H21N3O2S/c1-12(2)14(13-8-5-4-6-9-13)16-20(18,19)17(3)11-7-10-15/h4-6,8-9,12,14,16H,7,11H2,1-3H3. The molecule has 1 N–H and O–H groups in total. The maximum absolute atomic E-state index is 12.2. The summed E-state index contributed by atoms with van der Waals surface area (Å²) in [6.07, 6.45) is 0.176. The van der Waals surface area contributed by atoms with Crippen LogP contribution in [0.25, 0.3) is 0 Å². The van der Waals surface area contributed by atoms with E-state index in [0.29, 0.717) is 0 Å². The van der Waals surface area contributed by atoms with Crippen LogP contribution in [0, 0.1) is 17.2 Å². The first-order chi connectivity index (χ1) is 9.38. The summed E-state index contributed by atoms with van der Waals surface area (Å²) in [6, 6.07) is 11.1. The zero-order valence-corrected chi connectivity index (χ0v) is 12.9. The average Bonchev–Trinajstić information content (AvgIpc) is 2.42. The molecule has 1 rings (SSSR count). The third-order valence-corrected chi connectivity index (χ3v) is 4.61. The Labute approximate surface area is 121 Å². The maximum Gasteiger partial charge on any atom is 0.279 e. The van der Waals surface area contributed by atoms with E-state index in [1.54, 1.807) is 0 Å². The first-order valence-electron chi connectivity index (χ1n) is 6.54. The van der Waals surface area contributed by atoms with Crippen LogP contribution in [0.4, 0.5) is 0 Å². The fourth-order valence-electron chi connectivity index (χ4n) is 1.83. The minimum atomic E-state index is -3.59. The van der Waals surface area contributed by atoms with Crippen molar-refractivity contribution in [3.63, 3.8) is 0 Å². The van der Waals surface area contributed by atoms with Crippen molar-refractivity contribution in [3.8, 4) is 6.07 Å². The van der Waals surface area contributed by atoms with Gasteiger partial charge in [0.1, 0.15) is 0 Å². The molecule has 1 aromatic rings. The second-order valence-corrected chi connectivity index (χ2v) is 6.79. The van der Waals surface area contributed by atoms with Crippen LogP contribution in [-0.2, 0) is 10.2 Å². The Morgan fingerprint density at radius 1 is 1.30 bits per heavy atom. The molecule has 0 amide bonds. The zero-order chi connectivity index (χ0) is 15.2. The van der Waals surface area contributed by atoms with Crippen LogP contribution < -0.4 is 4.72 Å². The van der Waals surface area contributed by atoms with E-state index in [-0.39, 0.29) is 24.9 Å². The molecule has 0 heterocycles. The number of rotatable bonds is 7. The molecule has 6 heteroatoms. The van der Waals surface area contributed by atoms with Crippen molar-refractivity contribution in [2.75, 3.05) is 13.6 Å². The van der Waals surface area contributed by atoms with Gasteiger partial charge in [0.25, 0.3) is 10.2 Å². The van der Waals surface area contributed by atoms with Gasteiger partial charge in [0, 0.05) is 20.0 Å². The topological polar surface area (TPSA) is 73.2 Å². The van der Waals surface area contributed by atoms with E-state index in [1.807, 2.05) is 50.2 Å². The molecule has 5 nitrogen and oxygen atoms in total. The van der Waals surface area contributed by atoms with E-state index in [4.69, 9.17) is 5.26 Å². The molecule has 20 heavy (non-hydrogen) atoms. The van der Waals surface area contributed by atoms with Crippen molar-refractivity contribution in [1.29, 1.82) is 5.26 Å². The molecular formula is C14H21N3O2S. The third kappa shape index (κ3) is 4.60. The van der Waals surface area contributed by atoms with Crippen LogP contribution in [0.2, 0.25) is 0 Å². The number of nitriles is 1. The summed E-state index contributed by atoms with van der Waals surface area (Å²) < 4.78 is 28.3. The minimum Gasteiger partial charge on any atom is -0.198 e. The van der Waals surface area contributed by atoms with Gasteiger partial charge in [0.15, 0.2) is 0 Å². The third-order valence-electron chi connectivity index (χ3n) is 3.05. The first kappa shape index (κ1) is 16.6. The second-order valence-electron chi connectivity index (χ2n) is 4.98. The monoisotopic (exact) mass is 295 g/mol. The lowest BCUT2D eigenvalue weighted by Gasteiger charge is -2.25. The Morgan fingerprint density at radius 3 is 2.40 bits per heavy atom. The van der Waals surface area contributed by atoms with Gasteiger partial charge < -0.3 is 0 Å². The lowest BCUT2D eigenvalue weighted by molar-refractivity contribution is 0.420. The normalized spacial score (nSPS) is 13.4. The van der Waals surface area contributed by atoms with Gasteiger partial charge in [-0.2, -0.15) is 22.7 Å². The number of hydrogen-bond donors (Lipinski definition) is 1. The van der Waals surface area contributed by atoms with Gasteiger partial charge in [-0.05, 0) is 11.5 Å². The SMILES string of the molecule is CC(C)C(NS(=O)(=O)N(C)CCC#N)c1ccccc1. The van der Waals surface area contributed by atoms with Gasteiger partial charge in [-0.15, -0.1) is 0 Å². The highest BCUT2D eigenvalue weighted by atomic mass is 32.2. The maximum atomic E-state index is 12.2. The Morgan fingerprint density at radius 2 is 1.90 bits per heavy atom. The molecule has 0 bridgehead atoms. The van der Waals surface area contributed by atoms with Crippen molar-refractivity contribution in [3.05, 3.63) is 35.9 Å². The molecule has 0 saturated carbocycles. The first-order valence-corrected chi connectivity index (χ1v) is 7.98. The van der Waals surface area contributed by atoms with Gasteiger partial charge in [0.2, 0.25) is 0 Å². The average molecular weight is 295 g/mol. The van der Waals surface area contributed by atoms with Crippen molar-refractivity contribution >= 4 is 10.2 Å². The molecule has 0 fully saturated rings. The van der Waals surface area contributed by atoms with Gasteiger partial charge in [-0.3, -0.25) is 0 Å². The Balaban J connectivity index is 2.89. The summed E-state index contributed by atoms with van der Waals surface area (Å²) in [4.78, 5) is 0. The summed E-state index contributed by atoms with van der Waals surface area (Å²) >= 11 is 0. The number of nitrogens with one attached hydrogen (secondary N) is 1. The molecule has 0 aliphatic rings. The fourth-order valence-corrected chi connectivity index (χ4v) is 3.07. The molecule has 1 aromatic carbocycles. The summed E-state index contributed by atoms with van der Waals surface area (Å²) in [5.74, 6) is 0.122. The van der Waals surface area contributed by atoms with Crippen molar-refractivity contribution in [1.82, 2.24) is 9.03 Å². The summed E-state index contributed by atoms with van der Waals surface area (Å²) in [5.41, 5.74) is 0.930. The highest BCUT2D eigenvalue weighted by molar-refractivity contribution is 7.87. The van der Waals surface area contributed by atoms with Gasteiger partial charge >= 0.3 is 0 Å². The van der Waals surface area contributed by atoms with E-state index in [1.165, 1.54) is 11.4 Å². The highest BCUT2D eigenvalue weighted by Crippen LogP contribution is 2.22. The van der Waals surface area contributed by atoms with Crippen molar-refractivity contribution < 1.29 is 8.42 Å². The van der Waals surface area contributed by atoms with Gasteiger partial charge in [-0.25, -0.2) is 0 Å². The van der Waals surface area contributed by atoms with Crippen LogP contribution >= 0.6 is 0 Å². The van der Waals surface area contributed by atoms with Crippen LogP contribution in [0.3, 0.4) is 0 Å². The smallest absolute Gasteiger partial charge is 0.198 e. The van der Waals surface area contributed by atoms with E-state index in [0.717, 1.165) is 5.56 Å². The largest absolute Gasteiger partial charge is 0.279 e. The number of benzene rings is 1. The molecule has 0 aromatic heterocycles. The van der Waals surface area contributed by atoms with E-state index < -0.39 is 10.2 Å². The van der Waals surface area contributed by atoms with E-state index >= 15 is 0 Å². The molecule has 0 aliphatic carbocycles. The van der Waals surface area contributed by atoms with Crippen LogP contribution in [0.5, 0.6) is 0 Å². The van der Waals surface area contributed by atoms with Gasteiger partial charge in [-0.1, -0.05) is 44.2 Å². The Bertz CT molecular complexity index is 550. The molecule has 0 aliphatic heterocycles. The highest BCUT2D eigenvalue weighted by Gasteiger charge is 2.25. The minimum absolute atomic E-state index is 0.122. The summed E-state index contributed by atoms with van der Waals surface area (Å²) in [5, 5.41) is 8.54.